The normalized spacial score (nSPS) is 16.6. The molecule has 132 valence electrons. The van der Waals surface area contributed by atoms with Crippen LogP contribution in [0.1, 0.15) is 35.9 Å². The number of esters is 1. The second-order valence-electron chi connectivity index (χ2n) is 6.01. The predicted octanol–water partition coefficient (Wildman–Crippen LogP) is 2.97. The number of aromatic nitrogens is 2. The van der Waals surface area contributed by atoms with Crippen LogP contribution in [0.4, 0.5) is 0 Å². The highest BCUT2D eigenvalue weighted by Gasteiger charge is 2.47. The van der Waals surface area contributed by atoms with E-state index in [4.69, 9.17) is 14.2 Å². The van der Waals surface area contributed by atoms with Crippen molar-refractivity contribution in [2.24, 2.45) is 0 Å². The molecule has 0 radical (unpaired) electrons. The number of ether oxygens (including phenoxy) is 3. The number of rotatable bonds is 7. The minimum atomic E-state index is -0.918. The lowest BCUT2D eigenvalue weighted by Crippen LogP contribution is -2.55. The Labute approximate surface area is 147 Å². The zero-order chi connectivity index (χ0) is 17.9. The Bertz CT molecular complexity index is 750. The summed E-state index contributed by atoms with van der Waals surface area (Å²) >= 11 is 0. The third-order valence-corrected chi connectivity index (χ3v) is 4.36. The van der Waals surface area contributed by atoms with Gasteiger partial charge in [0.05, 0.1) is 38.4 Å². The molecule has 0 N–H and O–H groups in total. The summed E-state index contributed by atoms with van der Waals surface area (Å²) in [7, 11) is 0. The predicted molar refractivity (Wildman–Crippen MR) is 92.2 cm³/mol. The lowest BCUT2D eigenvalue weighted by molar-refractivity contribution is -0.178. The van der Waals surface area contributed by atoms with Gasteiger partial charge in [-0.3, -0.25) is 0 Å². The van der Waals surface area contributed by atoms with Gasteiger partial charge < -0.3 is 18.8 Å². The number of carbonyl (C=O) groups excluding carboxylic acids is 1. The maximum absolute atomic E-state index is 12.7. The summed E-state index contributed by atoms with van der Waals surface area (Å²) in [5, 5.41) is 0. The van der Waals surface area contributed by atoms with Gasteiger partial charge in [-0.2, -0.15) is 0 Å². The van der Waals surface area contributed by atoms with Crippen molar-refractivity contribution in [1.29, 1.82) is 0 Å². The monoisotopic (exact) mass is 342 g/mol. The molecule has 1 saturated heterocycles. The van der Waals surface area contributed by atoms with Gasteiger partial charge in [0.25, 0.3) is 0 Å². The molecule has 1 aromatic carbocycles. The van der Waals surface area contributed by atoms with Crippen LogP contribution in [-0.2, 0) is 14.2 Å². The number of hydrogen-bond acceptors (Lipinski definition) is 5. The maximum atomic E-state index is 12.7. The van der Waals surface area contributed by atoms with Gasteiger partial charge in [-0.1, -0.05) is 36.9 Å². The van der Waals surface area contributed by atoms with Crippen molar-refractivity contribution in [3.63, 3.8) is 0 Å². The molecule has 0 amide bonds. The molecule has 6 heteroatoms. The van der Waals surface area contributed by atoms with Crippen LogP contribution in [0.2, 0.25) is 0 Å². The fourth-order valence-electron chi connectivity index (χ4n) is 2.76. The Morgan fingerprint density at radius 2 is 2.12 bits per heavy atom. The van der Waals surface area contributed by atoms with Gasteiger partial charge in [-0.25, -0.2) is 9.78 Å². The summed E-state index contributed by atoms with van der Waals surface area (Å²) in [6, 6.07) is 9.87. The number of carbonyl (C=O) groups is 1. The maximum Gasteiger partial charge on any atom is 0.357 e. The van der Waals surface area contributed by atoms with Crippen LogP contribution in [0, 0.1) is 0 Å². The summed E-state index contributed by atoms with van der Waals surface area (Å²) in [5.74, 6) is -0.0544. The van der Waals surface area contributed by atoms with E-state index in [0.29, 0.717) is 18.1 Å². The van der Waals surface area contributed by atoms with E-state index in [1.54, 1.807) is 10.9 Å². The molecule has 25 heavy (non-hydrogen) atoms. The molecule has 0 spiro atoms. The molecule has 0 aliphatic carbocycles. The van der Waals surface area contributed by atoms with Crippen LogP contribution in [0.15, 0.2) is 55.2 Å². The molecular formula is C19H22N2O4. The minimum Gasteiger partial charge on any atom is -0.494 e. The second kappa shape index (κ2) is 7.11. The zero-order valence-electron chi connectivity index (χ0n) is 14.5. The quantitative estimate of drug-likeness (QED) is 0.572. The van der Waals surface area contributed by atoms with Crippen molar-refractivity contribution in [1.82, 2.24) is 9.55 Å². The average molecular weight is 342 g/mol. The Morgan fingerprint density at radius 1 is 1.40 bits per heavy atom. The Morgan fingerprint density at radius 3 is 2.72 bits per heavy atom. The molecule has 6 nitrogen and oxygen atoms in total. The number of benzene rings is 1. The van der Waals surface area contributed by atoms with E-state index in [0.717, 1.165) is 5.56 Å². The first-order valence-corrected chi connectivity index (χ1v) is 8.27. The molecule has 1 fully saturated rings. The molecule has 0 unspecified atom stereocenters. The van der Waals surface area contributed by atoms with Crippen LogP contribution >= 0.6 is 0 Å². The first-order valence-electron chi connectivity index (χ1n) is 8.27. The summed E-state index contributed by atoms with van der Waals surface area (Å²) in [6.07, 6.45) is 3.15. The highest BCUT2D eigenvalue weighted by Crippen LogP contribution is 2.31. The van der Waals surface area contributed by atoms with Crippen molar-refractivity contribution >= 4 is 5.97 Å². The van der Waals surface area contributed by atoms with Gasteiger partial charge in [-0.15, -0.1) is 0 Å². The van der Waals surface area contributed by atoms with E-state index in [-0.39, 0.29) is 19.3 Å². The van der Waals surface area contributed by atoms with Crippen molar-refractivity contribution in [3.05, 3.63) is 66.5 Å². The smallest absolute Gasteiger partial charge is 0.357 e. The molecule has 1 aliphatic heterocycles. The molecule has 0 saturated carbocycles. The van der Waals surface area contributed by atoms with Crippen LogP contribution in [0.5, 0.6) is 0 Å². The van der Waals surface area contributed by atoms with Crippen LogP contribution in [-0.4, -0.2) is 40.9 Å². The van der Waals surface area contributed by atoms with Crippen molar-refractivity contribution < 1.29 is 19.0 Å². The van der Waals surface area contributed by atoms with Gasteiger partial charge >= 0.3 is 5.97 Å². The van der Waals surface area contributed by atoms with E-state index in [2.05, 4.69) is 11.6 Å². The lowest BCUT2D eigenvalue weighted by Gasteiger charge is -2.40. The Kier molecular flexibility index (Phi) is 4.90. The third-order valence-electron chi connectivity index (χ3n) is 4.36. The average Bonchev–Trinajstić information content (AvgIpc) is 3.08. The first-order chi connectivity index (χ1) is 12.1. The first kappa shape index (κ1) is 17.2. The molecule has 2 heterocycles. The van der Waals surface area contributed by atoms with Crippen molar-refractivity contribution in [2.75, 3.05) is 19.8 Å². The van der Waals surface area contributed by atoms with Gasteiger partial charge in [0.2, 0.25) is 5.60 Å². The Balaban J connectivity index is 1.80. The molecule has 2 aromatic rings. The summed E-state index contributed by atoms with van der Waals surface area (Å²) in [4.78, 5) is 16.9. The molecule has 1 atom stereocenters. The second-order valence-corrected chi connectivity index (χ2v) is 6.01. The van der Waals surface area contributed by atoms with E-state index < -0.39 is 11.6 Å². The standard InChI is InChI=1S/C19H22N2O4/c1-4-24-15(3)19(11-23-12-19)25-18(22)17-10-20-13-21(17)14(2)16-8-6-5-7-9-16/h5-10,13-14H,3-4,11-12H2,1-2H3/t14-/m1/s1. The summed E-state index contributed by atoms with van der Waals surface area (Å²) in [6.45, 7) is 8.70. The largest absolute Gasteiger partial charge is 0.494 e. The van der Waals surface area contributed by atoms with Crippen LogP contribution < -0.4 is 0 Å². The summed E-state index contributed by atoms with van der Waals surface area (Å²) in [5.41, 5.74) is 0.542. The van der Waals surface area contributed by atoms with E-state index in [1.807, 2.05) is 44.2 Å². The summed E-state index contributed by atoms with van der Waals surface area (Å²) < 4.78 is 18.2. The molecule has 0 bridgehead atoms. The highest BCUT2D eigenvalue weighted by molar-refractivity contribution is 5.88. The van der Waals surface area contributed by atoms with Gasteiger partial charge in [0.1, 0.15) is 11.5 Å². The SMILES string of the molecule is C=C(OCC)C1(OC(=O)c2cncn2[C@H](C)c2ccccc2)COC1. The van der Waals surface area contributed by atoms with Gasteiger partial charge in [0.15, 0.2) is 0 Å². The van der Waals surface area contributed by atoms with Crippen LogP contribution in [0.25, 0.3) is 0 Å². The van der Waals surface area contributed by atoms with Crippen molar-refractivity contribution in [2.45, 2.75) is 25.5 Å². The highest BCUT2D eigenvalue weighted by atomic mass is 16.6. The zero-order valence-corrected chi connectivity index (χ0v) is 14.5. The number of hydrogen-bond donors (Lipinski definition) is 0. The minimum absolute atomic E-state index is 0.0464. The molecule has 1 aliphatic rings. The van der Waals surface area contributed by atoms with E-state index in [1.165, 1.54) is 6.20 Å². The van der Waals surface area contributed by atoms with E-state index >= 15 is 0 Å². The van der Waals surface area contributed by atoms with E-state index in [9.17, 15) is 4.79 Å². The topological polar surface area (TPSA) is 62.6 Å². The fraction of sp³-hybridized carbons (Fsp3) is 0.368. The van der Waals surface area contributed by atoms with Gasteiger partial charge in [0, 0.05) is 0 Å². The molecule has 3 rings (SSSR count). The fourth-order valence-corrected chi connectivity index (χ4v) is 2.76. The lowest BCUT2D eigenvalue weighted by atomic mass is 10.00. The number of nitrogens with zero attached hydrogens (tertiary/aromatic N) is 2. The molecule has 1 aromatic heterocycles. The van der Waals surface area contributed by atoms with Gasteiger partial charge in [-0.05, 0) is 19.4 Å². The Hall–Kier alpha value is -2.60. The molecular weight excluding hydrogens is 320 g/mol. The van der Waals surface area contributed by atoms with Crippen LogP contribution in [0.3, 0.4) is 0 Å². The number of imidazole rings is 1. The van der Waals surface area contributed by atoms with Crippen molar-refractivity contribution in [3.8, 4) is 0 Å². The third kappa shape index (κ3) is 3.30.